The van der Waals surface area contributed by atoms with E-state index in [-0.39, 0.29) is 24.2 Å². The average molecular weight is 348 g/mol. The summed E-state index contributed by atoms with van der Waals surface area (Å²) >= 11 is 0. The molecule has 0 radical (unpaired) electrons. The number of aliphatic hydroxyl groups excluding tert-OH is 1. The highest BCUT2D eigenvalue weighted by Crippen LogP contribution is 2.25. The Morgan fingerprint density at radius 3 is 2.76 bits per heavy atom. The van der Waals surface area contributed by atoms with Gasteiger partial charge in [0.2, 0.25) is 0 Å². The third-order valence-electron chi connectivity index (χ3n) is 4.98. The first-order valence-corrected chi connectivity index (χ1v) is 9.28. The fourth-order valence-corrected chi connectivity index (χ4v) is 3.28. The molecular weight excluding hydrogens is 316 g/mol. The van der Waals surface area contributed by atoms with Gasteiger partial charge in [0, 0.05) is 25.2 Å². The Labute approximate surface area is 151 Å². The Kier molecular flexibility index (Phi) is 7.26. The van der Waals surface area contributed by atoms with Crippen molar-refractivity contribution in [1.29, 1.82) is 0 Å². The SMILES string of the molecule is Cc1c(COC(C)C)cccc1NC(=O)N(C)CC1CCCCC1O. The normalized spacial score (nSPS) is 20.6. The molecule has 1 saturated carbocycles. The predicted octanol–water partition coefficient (Wildman–Crippen LogP) is 3.93. The highest BCUT2D eigenvalue weighted by Gasteiger charge is 2.25. The quantitative estimate of drug-likeness (QED) is 0.819. The molecule has 0 bridgehead atoms. The summed E-state index contributed by atoms with van der Waals surface area (Å²) in [7, 11) is 1.79. The number of nitrogens with zero attached hydrogens (tertiary/aromatic N) is 1. The number of carbonyl (C=O) groups is 1. The van der Waals surface area contributed by atoms with Crippen LogP contribution in [0.1, 0.15) is 50.7 Å². The zero-order valence-corrected chi connectivity index (χ0v) is 15.9. The zero-order valence-electron chi connectivity index (χ0n) is 15.9. The highest BCUT2D eigenvalue weighted by atomic mass is 16.5. The van der Waals surface area contributed by atoms with Crippen molar-refractivity contribution >= 4 is 11.7 Å². The highest BCUT2D eigenvalue weighted by molar-refractivity contribution is 5.90. The third kappa shape index (κ3) is 5.72. The zero-order chi connectivity index (χ0) is 18.4. The number of urea groups is 1. The van der Waals surface area contributed by atoms with E-state index in [9.17, 15) is 9.90 Å². The molecular formula is C20H32N2O3. The molecule has 1 aliphatic rings. The number of carbonyl (C=O) groups excluding carboxylic acids is 1. The van der Waals surface area contributed by atoms with Crippen molar-refractivity contribution < 1.29 is 14.6 Å². The Bertz CT molecular complexity index is 574. The van der Waals surface area contributed by atoms with Gasteiger partial charge in [0.05, 0.1) is 18.8 Å². The van der Waals surface area contributed by atoms with Gasteiger partial charge in [-0.1, -0.05) is 25.0 Å². The summed E-state index contributed by atoms with van der Waals surface area (Å²) in [6, 6.07) is 5.74. The maximum Gasteiger partial charge on any atom is 0.321 e. The van der Waals surface area contributed by atoms with Crippen LogP contribution in [0.2, 0.25) is 0 Å². The molecule has 1 fully saturated rings. The summed E-state index contributed by atoms with van der Waals surface area (Å²) in [5.74, 6) is 0.177. The van der Waals surface area contributed by atoms with Crippen LogP contribution in [0.15, 0.2) is 18.2 Å². The number of anilines is 1. The molecule has 2 rings (SSSR count). The Morgan fingerprint density at radius 2 is 2.08 bits per heavy atom. The van der Waals surface area contributed by atoms with E-state index in [1.807, 2.05) is 39.0 Å². The van der Waals surface area contributed by atoms with Crippen molar-refractivity contribution in [2.45, 2.75) is 65.3 Å². The molecule has 0 heterocycles. The smallest absolute Gasteiger partial charge is 0.321 e. The minimum absolute atomic E-state index is 0.136. The second kappa shape index (κ2) is 9.20. The number of hydrogen-bond acceptors (Lipinski definition) is 3. The van der Waals surface area contributed by atoms with Crippen LogP contribution in [0.5, 0.6) is 0 Å². The molecule has 25 heavy (non-hydrogen) atoms. The number of amides is 2. The number of rotatable bonds is 6. The second-order valence-electron chi connectivity index (χ2n) is 7.37. The monoisotopic (exact) mass is 348 g/mol. The van der Waals surface area contributed by atoms with E-state index in [1.54, 1.807) is 11.9 Å². The molecule has 1 aromatic carbocycles. The minimum Gasteiger partial charge on any atom is -0.393 e. The number of hydrogen-bond donors (Lipinski definition) is 2. The summed E-state index contributed by atoms with van der Waals surface area (Å²) in [5.41, 5.74) is 2.92. The second-order valence-corrected chi connectivity index (χ2v) is 7.37. The average Bonchev–Trinajstić information content (AvgIpc) is 2.57. The number of nitrogens with one attached hydrogen (secondary N) is 1. The van der Waals surface area contributed by atoms with E-state index < -0.39 is 0 Å². The maximum absolute atomic E-state index is 12.5. The van der Waals surface area contributed by atoms with Crippen LogP contribution in [0.4, 0.5) is 10.5 Å². The fourth-order valence-electron chi connectivity index (χ4n) is 3.28. The summed E-state index contributed by atoms with van der Waals surface area (Å²) in [5, 5.41) is 13.1. The molecule has 2 N–H and O–H groups in total. The van der Waals surface area contributed by atoms with E-state index in [4.69, 9.17) is 4.74 Å². The Hall–Kier alpha value is -1.59. The lowest BCUT2D eigenvalue weighted by molar-refractivity contribution is 0.0575. The van der Waals surface area contributed by atoms with Gasteiger partial charge in [-0.15, -0.1) is 0 Å². The van der Waals surface area contributed by atoms with Gasteiger partial charge in [-0.2, -0.15) is 0 Å². The lowest BCUT2D eigenvalue weighted by atomic mass is 9.86. The molecule has 2 unspecified atom stereocenters. The molecule has 2 amide bonds. The van der Waals surface area contributed by atoms with Gasteiger partial charge < -0.3 is 20.1 Å². The van der Waals surface area contributed by atoms with Gasteiger partial charge in [-0.25, -0.2) is 4.79 Å². The molecule has 2 atom stereocenters. The van der Waals surface area contributed by atoms with Crippen LogP contribution in [0, 0.1) is 12.8 Å². The van der Waals surface area contributed by atoms with E-state index in [0.29, 0.717) is 13.2 Å². The molecule has 0 saturated heterocycles. The van der Waals surface area contributed by atoms with Gasteiger partial charge in [-0.05, 0) is 50.8 Å². The number of benzene rings is 1. The van der Waals surface area contributed by atoms with Crippen molar-refractivity contribution in [3.8, 4) is 0 Å². The molecule has 1 aliphatic carbocycles. The first-order chi connectivity index (χ1) is 11.9. The molecule has 0 spiro atoms. The van der Waals surface area contributed by atoms with Gasteiger partial charge in [0.1, 0.15) is 0 Å². The van der Waals surface area contributed by atoms with Crippen LogP contribution in [-0.4, -0.2) is 41.8 Å². The van der Waals surface area contributed by atoms with Crippen molar-refractivity contribution in [3.05, 3.63) is 29.3 Å². The Balaban J connectivity index is 1.96. The van der Waals surface area contributed by atoms with Crippen LogP contribution in [-0.2, 0) is 11.3 Å². The van der Waals surface area contributed by atoms with Gasteiger partial charge in [-0.3, -0.25) is 0 Å². The van der Waals surface area contributed by atoms with Gasteiger partial charge in [0.15, 0.2) is 0 Å². The van der Waals surface area contributed by atoms with Crippen LogP contribution >= 0.6 is 0 Å². The molecule has 140 valence electrons. The van der Waals surface area contributed by atoms with E-state index in [1.165, 1.54) is 0 Å². The molecule has 0 aliphatic heterocycles. The molecule has 5 nitrogen and oxygen atoms in total. The van der Waals surface area contributed by atoms with Crippen molar-refractivity contribution in [2.75, 3.05) is 18.9 Å². The summed E-state index contributed by atoms with van der Waals surface area (Å²) in [6.45, 7) is 7.14. The van der Waals surface area contributed by atoms with Gasteiger partial charge in [0.25, 0.3) is 0 Å². The topological polar surface area (TPSA) is 61.8 Å². The summed E-state index contributed by atoms with van der Waals surface area (Å²) in [4.78, 5) is 14.2. The molecule has 1 aromatic rings. The lowest BCUT2D eigenvalue weighted by Crippen LogP contribution is -2.40. The maximum atomic E-state index is 12.5. The summed E-state index contributed by atoms with van der Waals surface area (Å²) in [6.07, 6.45) is 3.93. The number of ether oxygens (including phenoxy) is 1. The van der Waals surface area contributed by atoms with Crippen molar-refractivity contribution in [1.82, 2.24) is 4.90 Å². The molecule has 5 heteroatoms. The molecule has 0 aromatic heterocycles. The van der Waals surface area contributed by atoms with E-state index in [2.05, 4.69) is 5.32 Å². The van der Waals surface area contributed by atoms with Crippen LogP contribution in [0.25, 0.3) is 0 Å². The predicted molar refractivity (Wildman–Crippen MR) is 101 cm³/mol. The van der Waals surface area contributed by atoms with Crippen molar-refractivity contribution in [2.24, 2.45) is 5.92 Å². The van der Waals surface area contributed by atoms with E-state index in [0.717, 1.165) is 42.5 Å². The first kappa shape index (κ1) is 19.7. The fraction of sp³-hybridized carbons (Fsp3) is 0.650. The number of aliphatic hydroxyl groups is 1. The van der Waals surface area contributed by atoms with Crippen molar-refractivity contribution in [3.63, 3.8) is 0 Å². The van der Waals surface area contributed by atoms with Crippen LogP contribution in [0.3, 0.4) is 0 Å². The van der Waals surface area contributed by atoms with E-state index >= 15 is 0 Å². The summed E-state index contributed by atoms with van der Waals surface area (Å²) < 4.78 is 5.68. The van der Waals surface area contributed by atoms with Crippen LogP contribution < -0.4 is 5.32 Å². The minimum atomic E-state index is -0.290. The standard InChI is InChI=1S/C20H32N2O3/c1-14(2)25-13-17-9-7-10-18(15(17)3)21-20(24)22(4)12-16-8-5-6-11-19(16)23/h7,9-10,14,16,19,23H,5-6,8,11-13H2,1-4H3,(H,21,24). The first-order valence-electron chi connectivity index (χ1n) is 9.28. The van der Waals surface area contributed by atoms with Gasteiger partial charge >= 0.3 is 6.03 Å². The third-order valence-corrected chi connectivity index (χ3v) is 4.98. The lowest BCUT2D eigenvalue weighted by Gasteiger charge is -2.31. The largest absolute Gasteiger partial charge is 0.393 e. The Morgan fingerprint density at radius 1 is 1.36 bits per heavy atom.